The fraction of sp³-hybridized carbons (Fsp3) is 0.200. The molecule has 0 spiro atoms. The third kappa shape index (κ3) is 2.78. The maximum Gasteiger partial charge on any atom is 0.0964 e. The van der Waals surface area contributed by atoms with Gasteiger partial charge in [0.1, 0.15) is 0 Å². The number of hydrogen-bond acceptors (Lipinski definition) is 2. The van der Waals surface area contributed by atoms with Crippen LogP contribution in [0.4, 0.5) is 5.69 Å². The van der Waals surface area contributed by atoms with Crippen molar-refractivity contribution < 1.29 is 0 Å². The molecule has 17 heavy (non-hydrogen) atoms. The maximum absolute atomic E-state index is 4.35. The molecule has 1 aromatic carbocycles. The molecular formula is C15H18N2. The van der Waals surface area contributed by atoms with Gasteiger partial charge in [-0.3, -0.25) is 9.98 Å². The Morgan fingerprint density at radius 1 is 1.24 bits per heavy atom. The van der Waals surface area contributed by atoms with Crippen LogP contribution in [0.3, 0.4) is 0 Å². The maximum atomic E-state index is 4.35. The van der Waals surface area contributed by atoms with Gasteiger partial charge >= 0.3 is 0 Å². The summed E-state index contributed by atoms with van der Waals surface area (Å²) in [6.07, 6.45) is 5.36. The lowest BCUT2D eigenvalue weighted by Gasteiger charge is -2.04. The van der Waals surface area contributed by atoms with Crippen LogP contribution in [0.15, 0.2) is 42.0 Å². The van der Waals surface area contributed by atoms with Gasteiger partial charge in [0.05, 0.1) is 11.2 Å². The van der Waals surface area contributed by atoms with E-state index in [0.29, 0.717) is 0 Å². The summed E-state index contributed by atoms with van der Waals surface area (Å²) in [5, 5.41) is 1.10. The van der Waals surface area contributed by atoms with Crippen LogP contribution in [-0.4, -0.2) is 11.2 Å². The fourth-order valence-corrected chi connectivity index (χ4v) is 1.57. The van der Waals surface area contributed by atoms with E-state index in [1.54, 1.807) is 18.5 Å². The molecule has 1 aromatic heterocycles. The molecule has 0 bridgehead atoms. The van der Waals surface area contributed by atoms with Gasteiger partial charge in [0.2, 0.25) is 0 Å². The molecule has 0 saturated carbocycles. The number of hydrogen-bond donors (Lipinski definition) is 0. The summed E-state index contributed by atoms with van der Waals surface area (Å²) in [6, 6.07) is 8.01. The first-order chi connectivity index (χ1) is 8.36. The van der Waals surface area contributed by atoms with E-state index in [1.807, 2.05) is 45.0 Å². The van der Waals surface area contributed by atoms with Crippen molar-refractivity contribution in [3.8, 4) is 0 Å². The molecule has 0 radical (unpaired) electrons. The zero-order valence-electron chi connectivity index (χ0n) is 10.6. The van der Waals surface area contributed by atoms with E-state index in [0.717, 1.165) is 22.2 Å². The molecule has 0 unspecified atom stereocenters. The van der Waals surface area contributed by atoms with Gasteiger partial charge in [-0.05, 0) is 13.0 Å². The number of aromatic nitrogens is 1. The van der Waals surface area contributed by atoms with Crippen molar-refractivity contribution >= 4 is 28.9 Å². The highest BCUT2D eigenvalue weighted by Crippen LogP contribution is 2.28. The van der Waals surface area contributed by atoms with E-state index < -0.39 is 0 Å². The lowest BCUT2D eigenvalue weighted by Crippen LogP contribution is -1.82. The van der Waals surface area contributed by atoms with Gasteiger partial charge in [-0.15, -0.1) is 0 Å². The van der Waals surface area contributed by atoms with Crippen LogP contribution in [0.5, 0.6) is 0 Å². The first kappa shape index (κ1) is 13.1. The summed E-state index contributed by atoms with van der Waals surface area (Å²) in [5.41, 5.74) is 2.83. The molecule has 0 fully saturated rings. The SMILES string of the molecule is C=Cc1ccc2cccnc2c1N=CC.CC. The lowest BCUT2D eigenvalue weighted by molar-refractivity contribution is 1.39. The second kappa shape index (κ2) is 6.59. The van der Waals surface area contributed by atoms with Crippen LogP contribution in [0.1, 0.15) is 26.3 Å². The molecule has 1 heterocycles. The van der Waals surface area contributed by atoms with E-state index in [9.17, 15) is 0 Å². The molecule has 2 aromatic rings. The predicted octanol–water partition coefficient (Wildman–Crippen LogP) is 4.63. The predicted molar refractivity (Wildman–Crippen MR) is 77.0 cm³/mol. The van der Waals surface area contributed by atoms with E-state index in [2.05, 4.69) is 16.6 Å². The molecule has 0 amide bonds. The molecule has 0 N–H and O–H groups in total. The Balaban J connectivity index is 0.000000686. The summed E-state index contributed by atoms with van der Waals surface area (Å²) in [4.78, 5) is 8.69. The lowest BCUT2D eigenvalue weighted by atomic mass is 10.1. The molecule has 0 aliphatic rings. The van der Waals surface area contributed by atoms with Gasteiger partial charge in [-0.2, -0.15) is 0 Å². The summed E-state index contributed by atoms with van der Waals surface area (Å²) < 4.78 is 0. The van der Waals surface area contributed by atoms with Crippen LogP contribution < -0.4 is 0 Å². The Morgan fingerprint density at radius 2 is 2.00 bits per heavy atom. The van der Waals surface area contributed by atoms with Gasteiger partial charge < -0.3 is 0 Å². The highest BCUT2D eigenvalue weighted by Gasteiger charge is 2.03. The highest BCUT2D eigenvalue weighted by molar-refractivity contribution is 5.94. The van der Waals surface area contributed by atoms with E-state index >= 15 is 0 Å². The normalized spacial score (nSPS) is 10.1. The quantitative estimate of drug-likeness (QED) is 0.685. The van der Waals surface area contributed by atoms with Crippen molar-refractivity contribution in [2.45, 2.75) is 20.8 Å². The van der Waals surface area contributed by atoms with Crippen LogP contribution in [0.25, 0.3) is 17.0 Å². The van der Waals surface area contributed by atoms with Crippen LogP contribution in [0.2, 0.25) is 0 Å². The Bertz CT molecular complexity index is 527. The van der Waals surface area contributed by atoms with Crippen molar-refractivity contribution in [3.63, 3.8) is 0 Å². The minimum absolute atomic E-state index is 0.894. The van der Waals surface area contributed by atoms with Crippen LogP contribution in [-0.2, 0) is 0 Å². The van der Waals surface area contributed by atoms with Crippen molar-refractivity contribution in [1.29, 1.82) is 0 Å². The Morgan fingerprint density at radius 3 is 2.65 bits per heavy atom. The second-order valence-corrected chi connectivity index (χ2v) is 3.17. The van der Waals surface area contributed by atoms with Crippen molar-refractivity contribution in [2.75, 3.05) is 0 Å². The third-order valence-electron chi connectivity index (χ3n) is 2.26. The Kier molecular flexibility index (Phi) is 5.08. The number of rotatable bonds is 2. The summed E-state index contributed by atoms with van der Waals surface area (Å²) >= 11 is 0. The first-order valence-corrected chi connectivity index (χ1v) is 5.85. The van der Waals surface area contributed by atoms with E-state index in [-0.39, 0.29) is 0 Å². The van der Waals surface area contributed by atoms with Gasteiger partial charge in [0, 0.05) is 23.4 Å². The largest absolute Gasteiger partial charge is 0.259 e. The van der Waals surface area contributed by atoms with E-state index in [1.165, 1.54) is 0 Å². The molecule has 0 aliphatic carbocycles. The topological polar surface area (TPSA) is 25.2 Å². The Hall–Kier alpha value is -1.96. The zero-order valence-corrected chi connectivity index (χ0v) is 10.6. The van der Waals surface area contributed by atoms with Gasteiger partial charge in [-0.25, -0.2) is 0 Å². The standard InChI is InChI=1S/C13H12N2.C2H6/c1-3-10-7-8-11-6-5-9-15-13(11)12(10)14-4-2;1-2/h3-9H,1H2,2H3;1-2H3. The zero-order chi connectivity index (χ0) is 12.7. The molecule has 2 nitrogen and oxygen atoms in total. The number of nitrogens with zero attached hydrogens (tertiary/aromatic N) is 2. The van der Waals surface area contributed by atoms with Gasteiger partial charge in [-0.1, -0.05) is 44.7 Å². The minimum Gasteiger partial charge on any atom is -0.259 e. The molecule has 2 heteroatoms. The first-order valence-electron chi connectivity index (χ1n) is 5.85. The van der Waals surface area contributed by atoms with Crippen molar-refractivity contribution in [3.05, 3.63) is 42.6 Å². The monoisotopic (exact) mass is 226 g/mol. The van der Waals surface area contributed by atoms with E-state index in [4.69, 9.17) is 0 Å². The molecule has 0 aliphatic heterocycles. The van der Waals surface area contributed by atoms with Crippen molar-refractivity contribution in [2.24, 2.45) is 4.99 Å². The van der Waals surface area contributed by atoms with Crippen LogP contribution >= 0.6 is 0 Å². The number of benzene rings is 1. The minimum atomic E-state index is 0.894. The smallest absolute Gasteiger partial charge is 0.0964 e. The number of pyridine rings is 1. The number of fused-ring (bicyclic) bond motifs is 1. The van der Waals surface area contributed by atoms with Crippen LogP contribution in [0, 0.1) is 0 Å². The number of aliphatic imine (C=N–C) groups is 1. The summed E-state index contributed by atoms with van der Waals surface area (Å²) in [5.74, 6) is 0. The fourth-order valence-electron chi connectivity index (χ4n) is 1.57. The molecular weight excluding hydrogens is 208 g/mol. The molecule has 88 valence electrons. The van der Waals surface area contributed by atoms with Crippen molar-refractivity contribution in [1.82, 2.24) is 4.98 Å². The molecule has 2 rings (SSSR count). The van der Waals surface area contributed by atoms with Gasteiger partial charge in [0.25, 0.3) is 0 Å². The molecule has 0 saturated heterocycles. The van der Waals surface area contributed by atoms with Gasteiger partial charge in [0.15, 0.2) is 0 Å². The average Bonchev–Trinajstić information content (AvgIpc) is 2.42. The molecule has 0 atom stereocenters. The third-order valence-corrected chi connectivity index (χ3v) is 2.26. The Labute approximate surface area is 103 Å². The summed E-state index contributed by atoms with van der Waals surface area (Å²) in [6.45, 7) is 9.68. The highest BCUT2D eigenvalue weighted by atomic mass is 14.8. The second-order valence-electron chi connectivity index (χ2n) is 3.17. The summed E-state index contributed by atoms with van der Waals surface area (Å²) in [7, 11) is 0. The average molecular weight is 226 g/mol.